The van der Waals surface area contributed by atoms with E-state index in [-0.39, 0.29) is 11.9 Å². The quantitative estimate of drug-likeness (QED) is 0.844. The van der Waals surface area contributed by atoms with Gasteiger partial charge in [0.2, 0.25) is 5.91 Å². The van der Waals surface area contributed by atoms with Crippen LogP contribution in [0.3, 0.4) is 0 Å². The van der Waals surface area contributed by atoms with Crippen LogP contribution in [0.5, 0.6) is 0 Å². The van der Waals surface area contributed by atoms with E-state index in [0.717, 1.165) is 63.0 Å². The number of rotatable bonds is 5. The number of hydrogen-bond acceptors (Lipinski definition) is 6. The molecule has 1 aliphatic heterocycles. The normalized spacial score (nSPS) is 23.1. The van der Waals surface area contributed by atoms with E-state index < -0.39 is 0 Å². The summed E-state index contributed by atoms with van der Waals surface area (Å²) in [6.07, 6.45) is 3.75. The Morgan fingerprint density at radius 1 is 1.19 bits per heavy atom. The number of nitrogens with one attached hydrogen (secondary N) is 1. The number of carbonyl (C=O) groups is 1. The lowest BCUT2D eigenvalue weighted by Gasteiger charge is -2.35. The molecule has 1 saturated carbocycles. The summed E-state index contributed by atoms with van der Waals surface area (Å²) >= 11 is 0. The molecule has 0 spiro atoms. The molecule has 144 valence electrons. The lowest BCUT2D eigenvalue weighted by atomic mass is 9.79. The molecule has 2 fully saturated rings. The van der Waals surface area contributed by atoms with Crippen LogP contribution in [0.1, 0.15) is 37.3 Å². The van der Waals surface area contributed by atoms with Crippen molar-refractivity contribution in [3.05, 3.63) is 36.0 Å². The maximum absolute atomic E-state index is 11.1. The molecule has 2 aliphatic rings. The Kier molecular flexibility index (Phi) is 5.07. The molecule has 0 radical (unpaired) electrons. The van der Waals surface area contributed by atoms with Gasteiger partial charge in [0.05, 0.1) is 6.54 Å². The fourth-order valence-electron chi connectivity index (χ4n) is 3.98. The lowest BCUT2D eigenvalue weighted by molar-refractivity contribution is -0.120. The van der Waals surface area contributed by atoms with Crippen LogP contribution in [0.4, 0.5) is 5.82 Å². The number of hydrogen-bond donors (Lipinski definition) is 1. The van der Waals surface area contributed by atoms with Crippen LogP contribution >= 0.6 is 0 Å². The standard InChI is InChI=1S/C19H27N7O/c1-14(27)21-16-11-15(12-16)19-23-22-18(24(19)2)13-25-7-9-26(10-8-25)17-5-3-4-6-20-17/h3-6,15-16H,7-13H2,1-2H3,(H,21,27). The highest BCUT2D eigenvalue weighted by Crippen LogP contribution is 2.35. The molecule has 0 aromatic carbocycles. The first-order valence-electron chi connectivity index (χ1n) is 9.63. The molecular formula is C19H27N7O. The van der Waals surface area contributed by atoms with Crippen molar-refractivity contribution in [3.8, 4) is 0 Å². The summed E-state index contributed by atoms with van der Waals surface area (Å²) in [7, 11) is 2.06. The highest BCUT2D eigenvalue weighted by atomic mass is 16.1. The monoisotopic (exact) mass is 369 g/mol. The molecule has 4 rings (SSSR count). The van der Waals surface area contributed by atoms with E-state index >= 15 is 0 Å². The smallest absolute Gasteiger partial charge is 0.217 e. The minimum atomic E-state index is 0.0435. The number of carbonyl (C=O) groups excluding carboxylic acids is 1. The molecule has 2 aromatic rings. The largest absolute Gasteiger partial charge is 0.354 e. The molecule has 1 N–H and O–H groups in total. The third-order valence-electron chi connectivity index (χ3n) is 5.62. The van der Waals surface area contributed by atoms with Crippen molar-refractivity contribution in [2.24, 2.45) is 7.05 Å². The second-order valence-corrected chi connectivity index (χ2v) is 7.55. The maximum atomic E-state index is 11.1. The Balaban J connectivity index is 1.30. The zero-order valence-electron chi connectivity index (χ0n) is 16.0. The predicted molar refractivity (Wildman–Crippen MR) is 102 cm³/mol. The van der Waals surface area contributed by atoms with Gasteiger partial charge in [-0.05, 0) is 25.0 Å². The van der Waals surface area contributed by atoms with Gasteiger partial charge in [-0.1, -0.05) is 6.07 Å². The van der Waals surface area contributed by atoms with E-state index in [1.807, 2.05) is 18.3 Å². The van der Waals surface area contributed by atoms with E-state index in [4.69, 9.17) is 0 Å². The minimum absolute atomic E-state index is 0.0435. The summed E-state index contributed by atoms with van der Waals surface area (Å²) in [4.78, 5) is 20.3. The summed E-state index contributed by atoms with van der Waals surface area (Å²) in [6.45, 7) is 6.33. The SMILES string of the molecule is CC(=O)NC1CC(c2nnc(CN3CCN(c4ccccn4)CC3)n2C)C1. The van der Waals surface area contributed by atoms with Gasteiger partial charge in [0, 0.05) is 58.3 Å². The van der Waals surface area contributed by atoms with Crippen molar-refractivity contribution in [1.29, 1.82) is 0 Å². The van der Waals surface area contributed by atoms with Gasteiger partial charge >= 0.3 is 0 Å². The molecule has 1 aliphatic carbocycles. The van der Waals surface area contributed by atoms with Gasteiger partial charge in [-0.15, -0.1) is 10.2 Å². The van der Waals surface area contributed by atoms with Gasteiger partial charge in [-0.2, -0.15) is 0 Å². The van der Waals surface area contributed by atoms with Crippen molar-refractivity contribution in [2.45, 2.75) is 38.3 Å². The second kappa shape index (κ2) is 7.64. The highest BCUT2D eigenvalue weighted by molar-refractivity contribution is 5.73. The van der Waals surface area contributed by atoms with E-state index in [1.54, 1.807) is 6.92 Å². The third kappa shape index (κ3) is 3.95. The first-order chi connectivity index (χ1) is 13.1. The number of pyridine rings is 1. The molecule has 0 bridgehead atoms. The second-order valence-electron chi connectivity index (χ2n) is 7.55. The van der Waals surface area contributed by atoms with Crippen molar-refractivity contribution in [3.63, 3.8) is 0 Å². The van der Waals surface area contributed by atoms with Crippen LogP contribution < -0.4 is 10.2 Å². The molecule has 8 heteroatoms. The van der Waals surface area contributed by atoms with E-state index in [2.05, 4.69) is 48.0 Å². The first-order valence-corrected chi connectivity index (χ1v) is 9.63. The van der Waals surface area contributed by atoms with Crippen LogP contribution in [0, 0.1) is 0 Å². The summed E-state index contributed by atoms with van der Waals surface area (Å²) < 4.78 is 2.14. The Labute approximate surface area is 159 Å². The van der Waals surface area contributed by atoms with Crippen molar-refractivity contribution in [1.82, 2.24) is 30.0 Å². The molecular weight excluding hydrogens is 342 g/mol. The zero-order valence-corrected chi connectivity index (χ0v) is 16.0. The van der Waals surface area contributed by atoms with Crippen LogP contribution in [-0.2, 0) is 18.4 Å². The van der Waals surface area contributed by atoms with Crippen molar-refractivity contribution < 1.29 is 4.79 Å². The summed E-state index contributed by atoms with van der Waals surface area (Å²) in [5.41, 5.74) is 0. The number of anilines is 1. The van der Waals surface area contributed by atoms with Crippen LogP contribution in [0.2, 0.25) is 0 Å². The Morgan fingerprint density at radius 3 is 2.63 bits per heavy atom. The molecule has 0 unspecified atom stereocenters. The average Bonchev–Trinajstić information content (AvgIpc) is 2.99. The highest BCUT2D eigenvalue weighted by Gasteiger charge is 2.34. The van der Waals surface area contributed by atoms with Crippen molar-refractivity contribution >= 4 is 11.7 Å². The Bertz CT molecular complexity index is 777. The van der Waals surface area contributed by atoms with E-state index in [1.165, 1.54) is 0 Å². The van der Waals surface area contributed by atoms with Crippen LogP contribution in [0.25, 0.3) is 0 Å². The van der Waals surface area contributed by atoms with E-state index in [9.17, 15) is 4.79 Å². The Morgan fingerprint density at radius 2 is 1.96 bits per heavy atom. The van der Waals surface area contributed by atoms with Gasteiger partial charge in [0.1, 0.15) is 17.5 Å². The number of amides is 1. The molecule has 27 heavy (non-hydrogen) atoms. The molecule has 8 nitrogen and oxygen atoms in total. The first kappa shape index (κ1) is 17.9. The Hall–Kier alpha value is -2.48. The predicted octanol–water partition coefficient (Wildman–Crippen LogP) is 0.914. The van der Waals surface area contributed by atoms with E-state index in [0.29, 0.717) is 5.92 Å². The average molecular weight is 369 g/mol. The van der Waals surface area contributed by atoms with Gasteiger partial charge in [-0.25, -0.2) is 4.98 Å². The zero-order chi connectivity index (χ0) is 18.8. The summed E-state index contributed by atoms with van der Waals surface area (Å²) in [6, 6.07) is 6.34. The third-order valence-corrected chi connectivity index (χ3v) is 5.62. The van der Waals surface area contributed by atoms with Gasteiger partial charge < -0.3 is 14.8 Å². The van der Waals surface area contributed by atoms with Gasteiger partial charge in [0.15, 0.2) is 0 Å². The van der Waals surface area contributed by atoms with Gasteiger partial charge in [-0.3, -0.25) is 9.69 Å². The fraction of sp³-hybridized carbons (Fsp3) is 0.579. The number of aromatic nitrogens is 4. The number of nitrogens with zero attached hydrogens (tertiary/aromatic N) is 6. The number of piperazine rings is 1. The summed E-state index contributed by atoms with van der Waals surface area (Å²) in [5, 5.41) is 11.8. The van der Waals surface area contributed by atoms with Crippen LogP contribution in [0.15, 0.2) is 24.4 Å². The molecule has 1 amide bonds. The molecule has 2 aromatic heterocycles. The fourth-order valence-corrected chi connectivity index (χ4v) is 3.98. The lowest BCUT2D eigenvalue weighted by Crippen LogP contribution is -2.46. The maximum Gasteiger partial charge on any atom is 0.217 e. The topological polar surface area (TPSA) is 79.2 Å². The van der Waals surface area contributed by atoms with Crippen LogP contribution in [-0.4, -0.2) is 62.8 Å². The molecule has 0 atom stereocenters. The minimum Gasteiger partial charge on any atom is -0.354 e. The molecule has 3 heterocycles. The van der Waals surface area contributed by atoms with Crippen molar-refractivity contribution in [2.75, 3.05) is 31.1 Å². The van der Waals surface area contributed by atoms with Gasteiger partial charge in [0.25, 0.3) is 0 Å². The summed E-state index contributed by atoms with van der Waals surface area (Å²) in [5.74, 6) is 3.55. The molecule has 1 saturated heterocycles.